The molecule has 2 rings (SSSR count). The Morgan fingerprint density at radius 2 is 2.21 bits per heavy atom. The fourth-order valence-electron chi connectivity index (χ4n) is 1.33. The first-order valence-electron chi connectivity index (χ1n) is 3.79. The number of H-pyrrole nitrogens is 1. The van der Waals surface area contributed by atoms with E-state index in [-0.39, 0.29) is 10.0 Å². The molecule has 1 aromatic heterocycles. The van der Waals surface area contributed by atoms with Gasteiger partial charge in [-0.25, -0.2) is 9.18 Å². The smallest absolute Gasteiger partial charge is 0.337 e. The summed E-state index contributed by atoms with van der Waals surface area (Å²) in [4.78, 5) is 13.5. The van der Waals surface area contributed by atoms with Gasteiger partial charge in [-0.05, 0) is 28.1 Å². The quantitative estimate of drug-likeness (QED) is 0.826. The number of carboxylic acid groups (broad SMARTS) is 1. The number of benzene rings is 1. The predicted octanol–water partition coefficient (Wildman–Crippen LogP) is 2.77. The van der Waals surface area contributed by atoms with Gasteiger partial charge in [-0.1, -0.05) is 0 Å². The van der Waals surface area contributed by atoms with Crippen LogP contribution in [0.15, 0.2) is 22.8 Å². The normalized spacial score (nSPS) is 10.7. The van der Waals surface area contributed by atoms with Crippen LogP contribution in [0.5, 0.6) is 0 Å². The molecule has 1 aromatic carbocycles. The molecule has 0 atom stereocenters. The molecule has 0 fully saturated rings. The van der Waals surface area contributed by atoms with E-state index in [9.17, 15) is 9.18 Å². The fraction of sp³-hybridized carbons (Fsp3) is 0. The van der Waals surface area contributed by atoms with E-state index in [4.69, 9.17) is 5.11 Å². The van der Waals surface area contributed by atoms with Gasteiger partial charge in [0.2, 0.25) is 0 Å². The van der Waals surface area contributed by atoms with Crippen molar-refractivity contribution in [2.45, 2.75) is 0 Å². The third-order valence-electron chi connectivity index (χ3n) is 1.97. The lowest BCUT2D eigenvalue weighted by atomic mass is 10.2. The second-order valence-electron chi connectivity index (χ2n) is 2.79. The van der Waals surface area contributed by atoms with Gasteiger partial charge in [0, 0.05) is 17.1 Å². The number of carbonyl (C=O) groups is 1. The minimum atomic E-state index is -1.08. The van der Waals surface area contributed by atoms with Crippen molar-refractivity contribution in [3.8, 4) is 0 Å². The Bertz CT molecular complexity index is 521. The zero-order valence-electron chi connectivity index (χ0n) is 6.84. The molecule has 2 aromatic rings. The molecule has 3 nitrogen and oxygen atoms in total. The van der Waals surface area contributed by atoms with E-state index in [2.05, 4.69) is 20.9 Å². The number of carboxylic acids is 1. The highest BCUT2D eigenvalue weighted by Crippen LogP contribution is 2.29. The van der Waals surface area contributed by atoms with Crippen LogP contribution in [0, 0.1) is 5.82 Å². The molecule has 0 aliphatic rings. The van der Waals surface area contributed by atoms with E-state index < -0.39 is 11.8 Å². The number of aromatic nitrogens is 1. The van der Waals surface area contributed by atoms with Crippen LogP contribution in [0.2, 0.25) is 0 Å². The van der Waals surface area contributed by atoms with E-state index in [1.54, 1.807) is 0 Å². The Hall–Kier alpha value is -1.36. The molecule has 0 aliphatic carbocycles. The molecule has 1 heterocycles. The average molecular weight is 258 g/mol. The molecule has 0 amide bonds. The summed E-state index contributed by atoms with van der Waals surface area (Å²) < 4.78 is 13.3. The maximum Gasteiger partial charge on any atom is 0.337 e. The molecule has 0 aliphatic heterocycles. The lowest BCUT2D eigenvalue weighted by Gasteiger charge is -1.97. The van der Waals surface area contributed by atoms with Gasteiger partial charge in [0.25, 0.3) is 0 Å². The molecule has 2 N–H and O–H groups in total. The van der Waals surface area contributed by atoms with Crippen molar-refractivity contribution in [3.63, 3.8) is 0 Å². The third kappa shape index (κ3) is 1.21. The zero-order valence-corrected chi connectivity index (χ0v) is 8.43. The number of rotatable bonds is 1. The summed E-state index contributed by atoms with van der Waals surface area (Å²) in [5.41, 5.74) is 0.655. The van der Waals surface area contributed by atoms with E-state index in [1.807, 2.05) is 0 Å². The molecule has 0 radical (unpaired) electrons. The lowest BCUT2D eigenvalue weighted by molar-refractivity contribution is 0.0699. The van der Waals surface area contributed by atoms with Gasteiger partial charge in [-0.15, -0.1) is 0 Å². The van der Waals surface area contributed by atoms with Crippen LogP contribution in [0.4, 0.5) is 4.39 Å². The summed E-state index contributed by atoms with van der Waals surface area (Å²) in [6.07, 6.45) is 1.34. The van der Waals surface area contributed by atoms with Crippen molar-refractivity contribution < 1.29 is 14.3 Å². The Kier molecular flexibility index (Phi) is 2.03. The maximum atomic E-state index is 13.1. The van der Waals surface area contributed by atoms with Gasteiger partial charge >= 0.3 is 5.97 Å². The van der Waals surface area contributed by atoms with Crippen molar-refractivity contribution in [3.05, 3.63) is 34.2 Å². The first-order chi connectivity index (χ1) is 6.61. The van der Waals surface area contributed by atoms with E-state index in [1.165, 1.54) is 18.3 Å². The standard InChI is InChI=1S/C9H5BrFNO2/c10-8-5(11)1-2-6-7(8)4(3-12-6)9(13)14/h1-3,12H,(H,13,14). The van der Waals surface area contributed by atoms with Crippen molar-refractivity contribution in [1.82, 2.24) is 4.98 Å². The summed E-state index contributed by atoms with van der Waals surface area (Å²) in [6, 6.07) is 2.77. The van der Waals surface area contributed by atoms with Gasteiger partial charge < -0.3 is 10.1 Å². The van der Waals surface area contributed by atoms with Crippen LogP contribution in [0.25, 0.3) is 10.9 Å². The highest BCUT2D eigenvalue weighted by molar-refractivity contribution is 9.10. The Morgan fingerprint density at radius 3 is 2.86 bits per heavy atom. The van der Waals surface area contributed by atoms with Crippen LogP contribution >= 0.6 is 15.9 Å². The number of hydrogen-bond acceptors (Lipinski definition) is 1. The monoisotopic (exact) mass is 257 g/mol. The lowest BCUT2D eigenvalue weighted by Crippen LogP contribution is -1.94. The minimum Gasteiger partial charge on any atom is -0.478 e. The minimum absolute atomic E-state index is 0.0615. The number of hydrogen-bond donors (Lipinski definition) is 2. The zero-order chi connectivity index (χ0) is 10.3. The van der Waals surface area contributed by atoms with Gasteiger partial charge in [-0.2, -0.15) is 0 Å². The Balaban J connectivity index is 2.89. The largest absolute Gasteiger partial charge is 0.478 e. The van der Waals surface area contributed by atoms with Gasteiger partial charge in [0.05, 0.1) is 10.0 Å². The summed E-state index contributed by atoms with van der Waals surface area (Å²) in [5.74, 6) is -1.55. The van der Waals surface area contributed by atoms with Crippen molar-refractivity contribution >= 4 is 32.8 Å². The van der Waals surface area contributed by atoms with E-state index in [0.717, 1.165) is 0 Å². The molecule has 72 valence electrons. The summed E-state index contributed by atoms with van der Waals surface area (Å²) in [5, 5.41) is 9.18. The van der Waals surface area contributed by atoms with Crippen LogP contribution < -0.4 is 0 Å². The maximum absolute atomic E-state index is 13.1. The van der Waals surface area contributed by atoms with Gasteiger partial charge in [0.15, 0.2) is 0 Å². The topological polar surface area (TPSA) is 53.1 Å². The van der Waals surface area contributed by atoms with Crippen LogP contribution in [0.3, 0.4) is 0 Å². The molecule has 0 spiro atoms. The second kappa shape index (κ2) is 3.09. The second-order valence-corrected chi connectivity index (χ2v) is 3.58. The van der Waals surface area contributed by atoms with Gasteiger partial charge in [0.1, 0.15) is 5.82 Å². The Labute approximate surface area is 86.7 Å². The first kappa shape index (κ1) is 9.21. The third-order valence-corrected chi connectivity index (χ3v) is 2.74. The number of fused-ring (bicyclic) bond motifs is 1. The summed E-state index contributed by atoms with van der Waals surface area (Å²) >= 11 is 3.02. The number of halogens is 2. The highest BCUT2D eigenvalue weighted by atomic mass is 79.9. The summed E-state index contributed by atoms with van der Waals surface area (Å²) in [6.45, 7) is 0. The van der Waals surface area contributed by atoms with Crippen molar-refractivity contribution in [2.24, 2.45) is 0 Å². The van der Waals surface area contributed by atoms with Crippen molar-refractivity contribution in [1.29, 1.82) is 0 Å². The predicted molar refractivity (Wildman–Crippen MR) is 52.9 cm³/mol. The van der Waals surface area contributed by atoms with Crippen molar-refractivity contribution in [2.75, 3.05) is 0 Å². The van der Waals surface area contributed by atoms with Crippen LogP contribution in [-0.4, -0.2) is 16.1 Å². The van der Waals surface area contributed by atoms with Crippen LogP contribution in [0.1, 0.15) is 10.4 Å². The first-order valence-corrected chi connectivity index (χ1v) is 4.59. The number of aromatic amines is 1. The molecular weight excluding hydrogens is 253 g/mol. The Morgan fingerprint density at radius 1 is 1.50 bits per heavy atom. The number of aromatic carboxylic acids is 1. The fourth-order valence-corrected chi connectivity index (χ4v) is 1.88. The molecule has 0 unspecified atom stereocenters. The molecular formula is C9H5BrFNO2. The highest BCUT2D eigenvalue weighted by Gasteiger charge is 2.15. The van der Waals surface area contributed by atoms with Crippen LogP contribution in [-0.2, 0) is 0 Å². The summed E-state index contributed by atoms with van der Waals surface area (Å²) in [7, 11) is 0. The number of nitrogens with one attached hydrogen (secondary N) is 1. The molecule has 0 saturated heterocycles. The molecule has 0 bridgehead atoms. The van der Waals surface area contributed by atoms with Gasteiger partial charge in [-0.3, -0.25) is 0 Å². The molecule has 14 heavy (non-hydrogen) atoms. The SMILES string of the molecule is O=C(O)c1c[nH]c2ccc(F)c(Br)c12. The molecule has 5 heteroatoms. The van der Waals surface area contributed by atoms with E-state index >= 15 is 0 Å². The van der Waals surface area contributed by atoms with E-state index in [0.29, 0.717) is 10.9 Å². The average Bonchev–Trinajstić information content (AvgIpc) is 2.55. The molecule has 0 saturated carbocycles.